The van der Waals surface area contributed by atoms with E-state index in [-0.39, 0.29) is 28.3 Å². The van der Waals surface area contributed by atoms with E-state index in [0.29, 0.717) is 71.6 Å². The highest BCUT2D eigenvalue weighted by Crippen LogP contribution is 2.29. The Labute approximate surface area is 539 Å². The van der Waals surface area contributed by atoms with Gasteiger partial charge in [-0.2, -0.15) is 0 Å². The summed E-state index contributed by atoms with van der Waals surface area (Å²) >= 11 is 0. The summed E-state index contributed by atoms with van der Waals surface area (Å²) in [6, 6.07) is 37.7. The van der Waals surface area contributed by atoms with Crippen molar-refractivity contribution in [2.45, 2.75) is 219 Å². The number of anilines is 2. The molecule has 0 aromatic heterocycles. The van der Waals surface area contributed by atoms with Crippen LogP contribution in [-0.2, 0) is 25.2 Å². The van der Waals surface area contributed by atoms with Crippen molar-refractivity contribution in [2.24, 2.45) is 16.2 Å². The number of carboxylic acid groups (broad SMARTS) is 2. The maximum atomic E-state index is 12.0. The quantitative estimate of drug-likeness (QED) is 0.0490. The predicted molar refractivity (Wildman–Crippen MR) is 368 cm³/mol. The van der Waals surface area contributed by atoms with E-state index in [0.717, 1.165) is 0 Å². The molecule has 2 heterocycles. The number of carboxylic acids is 2. The smallest absolute Gasteiger partial charge is 0.319 e. The molecule has 494 valence electrons. The standard InChI is InChI=1S/C14H16N2O3.2C14H22.C11H11N3O3.C10H14.2C6H12O2/c1-4-14(2,3)13(19)15-8-5-6-9-10(7-8)12(18)16-11(9)17;2*1-6-11(2)12-7-9-13(10-8-12)14(3,4)5;1-2-12-11(17)13-6-3-4-7-8(5-6)10(16)14-9(7)15;1-3-9(2)10-7-5-4-6-8-10;2*1-4-6(2,3)5(7)8/h5-7H,4H2,1-3H3,(H,15,19)(H,16,17,18);2*7-11H,6H2,1-5H3;3-5H,2H2,1H3,(H2,12,13,17)(H,14,15,16);4-9H,3H2,1-2H3;2*4H2,1-3H3,(H,7,8). The monoisotopic (exact) mass is 1240 g/mol. The number of carbonyl (C=O) groups excluding carboxylic acids is 6. The van der Waals surface area contributed by atoms with Crippen LogP contribution in [0.5, 0.6) is 0 Å². The number of carbonyl (C=O) groups is 8. The summed E-state index contributed by atoms with van der Waals surface area (Å²) in [6.07, 6.45) is 5.74. The molecule has 15 nitrogen and oxygen atoms in total. The van der Waals surface area contributed by atoms with Gasteiger partial charge in [0.15, 0.2) is 0 Å². The highest BCUT2D eigenvalue weighted by atomic mass is 16.4. The van der Waals surface area contributed by atoms with Crippen LogP contribution in [0.25, 0.3) is 0 Å². The summed E-state index contributed by atoms with van der Waals surface area (Å²) in [4.78, 5) is 89.4. The first-order valence-corrected chi connectivity index (χ1v) is 31.8. The number of urea groups is 1. The molecule has 0 saturated carbocycles. The van der Waals surface area contributed by atoms with E-state index in [1.54, 1.807) is 52.8 Å². The molecular weight excluding hydrogens is 1130 g/mol. The third-order valence-electron chi connectivity index (χ3n) is 16.6. The first-order chi connectivity index (χ1) is 41.7. The van der Waals surface area contributed by atoms with Gasteiger partial charge in [0, 0.05) is 23.3 Å². The van der Waals surface area contributed by atoms with Gasteiger partial charge < -0.3 is 26.2 Å². The van der Waals surface area contributed by atoms with E-state index in [9.17, 15) is 38.4 Å². The molecule has 7 rings (SSSR count). The molecule has 3 atom stereocenters. The molecule has 2 aliphatic rings. The van der Waals surface area contributed by atoms with Crippen molar-refractivity contribution >= 4 is 58.9 Å². The Balaban J connectivity index is 0.000000537. The minimum atomic E-state index is -0.722. The van der Waals surface area contributed by atoms with Gasteiger partial charge in [0.1, 0.15) is 0 Å². The molecule has 15 heteroatoms. The van der Waals surface area contributed by atoms with Crippen molar-refractivity contribution in [1.82, 2.24) is 16.0 Å². The van der Waals surface area contributed by atoms with Crippen LogP contribution in [0.4, 0.5) is 16.2 Å². The van der Waals surface area contributed by atoms with Gasteiger partial charge >= 0.3 is 18.0 Å². The van der Waals surface area contributed by atoms with Crippen molar-refractivity contribution in [3.63, 3.8) is 0 Å². The predicted octanol–water partition coefficient (Wildman–Crippen LogP) is 17.9. The summed E-state index contributed by atoms with van der Waals surface area (Å²) < 4.78 is 0. The number of amides is 7. The number of benzene rings is 5. The van der Waals surface area contributed by atoms with Crippen molar-refractivity contribution in [3.8, 4) is 0 Å². The SMILES string of the molecule is CCC(C)(C)C(=O)Nc1ccc2c(c1)C(=O)NC2=O.CCC(C)(C)C(=O)O.CCC(C)(C)C(=O)O.CCC(C)c1ccc(C(C)(C)C)cc1.CCC(C)c1ccc(C(C)(C)C)cc1.CCC(C)c1ccccc1.CCNC(=O)Nc1ccc2c(c1)C(=O)NC2=O. The van der Waals surface area contributed by atoms with Gasteiger partial charge in [0.25, 0.3) is 23.6 Å². The van der Waals surface area contributed by atoms with Crippen molar-refractivity contribution in [2.75, 3.05) is 17.2 Å². The number of fused-ring (bicyclic) bond motifs is 2. The molecule has 5 aromatic carbocycles. The van der Waals surface area contributed by atoms with Crippen molar-refractivity contribution in [3.05, 3.63) is 165 Å². The zero-order valence-corrected chi connectivity index (χ0v) is 58.3. The van der Waals surface area contributed by atoms with Crippen LogP contribution in [0.3, 0.4) is 0 Å². The number of hydrogen-bond donors (Lipinski definition) is 7. The minimum absolute atomic E-state index is 0.111. The van der Waals surface area contributed by atoms with Crippen LogP contribution in [0, 0.1) is 16.2 Å². The summed E-state index contributed by atoms with van der Waals surface area (Å²) in [6.45, 7) is 45.6. The molecule has 5 aromatic rings. The molecule has 0 aliphatic carbocycles. The fourth-order valence-corrected chi connectivity index (χ4v) is 7.70. The van der Waals surface area contributed by atoms with Crippen LogP contribution >= 0.6 is 0 Å². The lowest BCUT2D eigenvalue weighted by Gasteiger charge is -2.21. The second-order valence-electron chi connectivity index (χ2n) is 26.9. The molecule has 0 fully saturated rings. The Kier molecular flexibility index (Phi) is 32.6. The zero-order chi connectivity index (χ0) is 69.1. The van der Waals surface area contributed by atoms with E-state index in [1.165, 1.54) is 65.3 Å². The van der Waals surface area contributed by atoms with Gasteiger partial charge in [-0.25, -0.2) is 4.79 Å². The largest absolute Gasteiger partial charge is 0.481 e. The average molecular weight is 1240 g/mol. The van der Waals surface area contributed by atoms with Crippen molar-refractivity contribution < 1.29 is 48.6 Å². The Morgan fingerprint density at radius 2 is 0.722 bits per heavy atom. The van der Waals surface area contributed by atoms with E-state index >= 15 is 0 Å². The number of rotatable bonds is 15. The maximum Gasteiger partial charge on any atom is 0.319 e. The molecule has 7 amide bonds. The van der Waals surface area contributed by atoms with Crippen LogP contribution in [-0.4, -0.2) is 64.3 Å². The third kappa shape index (κ3) is 26.3. The number of nitrogens with one attached hydrogen (secondary N) is 5. The Morgan fingerprint density at radius 3 is 1.00 bits per heavy atom. The topological polar surface area (TPSA) is 237 Å². The van der Waals surface area contributed by atoms with Gasteiger partial charge in [-0.05, 0) is 166 Å². The molecule has 90 heavy (non-hydrogen) atoms. The van der Waals surface area contributed by atoms with E-state index < -0.39 is 51.8 Å². The van der Waals surface area contributed by atoms with Crippen LogP contribution in [0.15, 0.2) is 115 Å². The van der Waals surface area contributed by atoms with Gasteiger partial charge in [0.2, 0.25) is 5.91 Å². The lowest BCUT2D eigenvalue weighted by molar-refractivity contribution is -0.147. The molecular formula is C75H109N5O10. The summed E-state index contributed by atoms with van der Waals surface area (Å²) in [5, 5.41) is 29.2. The lowest BCUT2D eigenvalue weighted by Crippen LogP contribution is -2.30. The fraction of sp³-hybridized carbons (Fsp3) is 0.493. The third-order valence-corrected chi connectivity index (χ3v) is 16.6. The Bertz CT molecular complexity index is 3040. The molecule has 0 bridgehead atoms. The molecule has 0 spiro atoms. The first-order valence-electron chi connectivity index (χ1n) is 31.8. The van der Waals surface area contributed by atoms with E-state index in [2.05, 4.69) is 189 Å². The summed E-state index contributed by atoms with van der Waals surface area (Å²) in [5.74, 6) is -1.15. The molecule has 2 aliphatic heterocycles. The van der Waals surface area contributed by atoms with Crippen LogP contribution in [0.2, 0.25) is 0 Å². The Morgan fingerprint density at radius 1 is 0.411 bits per heavy atom. The molecule has 0 radical (unpaired) electrons. The number of hydrogen-bond acceptors (Lipinski definition) is 8. The Hall–Kier alpha value is -7.94. The normalized spacial score (nSPS) is 13.3. The molecule has 3 unspecified atom stereocenters. The lowest BCUT2D eigenvalue weighted by atomic mass is 9.85. The van der Waals surface area contributed by atoms with Crippen LogP contribution in [0.1, 0.15) is 278 Å². The van der Waals surface area contributed by atoms with E-state index in [4.69, 9.17) is 10.2 Å². The molecule has 0 saturated heterocycles. The molecule has 7 N–H and O–H groups in total. The zero-order valence-electron chi connectivity index (χ0n) is 58.3. The minimum Gasteiger partial charge on any atom is -0.481 e. The van der Waals surface area contributed by atoms with Gasteiger partial charge in [-0.1, -0.05) is 197 Å². The highest BCUT2D eigenvalue weighted by Gasteiger charge is 2.30. The number of aliphatic carboxylic acids is 2. The number of imide groups is 2. The first kappa shape index (κ1) is 80.1. The average Bonchev–Trinajstić information content (AvgIpc) is 1.96. The van der Waals surface area contributed by atoms with Crippen molar-refractivity contribution in [1.29, 1.82) is 0 Å². The van der Waals surface area contributed by atoms with Gasteiger partial charge in [0.05, 0.1) is 33.1 Å². The summed E-state index contributed by atoms with van der Waals surface area (Å²) in [5.41, 5.74) is 8.45. The van der Waals surface area contributed by atoms with Gasteiger partial charge in [-0.15, -0.1) is 0 Å². The highest BCUT2D eigenvalue weighted by molar-refractivity contribution is 6.22. The van der Waals surface area contributed by atoms with Crippen LogP contribution < -0.4 is 26.6 Å². The van der Waals surface area contributed by atoms with E-state index in [1.807, 2.05) is 34.6 Å². The maximum absolute atomic E-state index is 12.0. The summed E-state index contributed by atoms with van der Waals surface area (Å²) in [7, 11) is 0. The fourth-order valence-electron chi connectivity index (χ4n) is 7.70. The van der Waals surface area contributed by atoms with Gasteiger partial charge in [-0.3, -0.25) is 44.2 Å². The second kappa shape index (κ2) is 36.7. The second-order valence-corrected chi connectivity index (χ2v) is 26.9.